The Kier molecular flexibility index (Phi) is 14.3. The van der Waals surface area contributed by atoms with Crippen LogP contribution in [0.3, 0.4) is 0 Å². The van der Waals surface area contributed by atoms with E-state index in [2.05, 4.69) is 28.4 Å². The van der Waals surface area contributed by atoms with E-state index in [1.807, 2.05) is 0 Å². The van der Waals surface area contributed by atoms with Crippen LogP contribution in [0.5, 0.6) is 5.75 Å². The number of morpholine rings is 1. The highest BCUT2D eigenvalue weighted by Crippen LogP contribution is 2.22. The molecule has 0 aliphatic carbocycles. The van der Waals surface area contributed by atoms with Crippen molar-refractivity contribution in [1.29, 1.82) is 0 Å². The van der Waals surface area contributed by atoms with Gasteiger partial charge >= 0.3 is 0 Å². The molecule has 1 saturated heterocycles. The first-order valence-electron chi connectivity index (χ1n) is 8.61. The third-order valence-electron chi connectivity index (χ3n) is 4.18. The molecule has 0 amide bonds. The van der Waals surface area contributed by atoms with Gasteiger partial charge in [0.2, 0.25) is 0 Å². The second-order valence-corrected chi connectivity index (χ2v) is 6.00. The third-order valence-corrected chi connectivity index (χ3v) is 4.18. The fourth-order valence-corrected chi connectivity index (χ4v) is 2.84. The minimum atomic E-state index is 0. The van der Waals surface area contributed by atoms with Gasteiger partial charge in [-0.1, -0.05) is 6.07 Å². The summed E-state index contributed by atoms with van der Waals surface area (Å²) in [7, 11) is 1.73. The third kappa shape index (κ3) is 9.08. The van der Waals surface area contributed by atoms with Crippen LogP contribution in [0.15, 0.2) is 18.2 Å². The van der Waals surface area contributed by atoms with Crippen molar-refractivity contribution in [3.63, 3.8) is 0 Å². The van der Waals surface area contributed by atoms with Crippen molar-refractivity contribution in [2.75, 3.05) is 46.6 Å². The number of halogens is 2. The fraction of sp³-hybridized carbons (Fsp3) is 0.667. The monoisotopic (exact) mass is 394 g/mol. The van der Waals surface area contributed by atoms with E-state index in [1.165, 1.54) is 11.1 Å². The highest BCUT2D eigenvalue weighted by Gasteiger charge is 2.13. The Balaban J connectivity index is 0.00000288. The predicted molar refractivity (Wildman–Crippen MR) is 106 cm³/mol. The van der Waals surface area contributed by atoms with E-state index in [0.717, 1.165) is 70.9 Å². The summed E-state index contributed by atoms with van der Waals surface area (Å²) >= 11 is 0. The maximum Gasteiger partial charge on any atom is 0.123 e. The zero-order chi connectivity index (χ0) is 16.3. The molecule has 1 fully saturated rings. The van der Waals surface area contributed by atoms with Crippen LogP contribution in [0.25, 0.3) is 0 Å². The molecule has 5 nitrogen and oxygen atoms in total. The largest absolute Gasteiger partial charge is 0.496 e. The van der Waals surface area contributed by atoms with Gasteiger partial charge in [0, 0.05) is 38.3 Å². The lowest BCUT2D eigenvalue weighted by atomic mass is 10.1. The number of hydrogen-bond donors (Lipinski definition) is 2. The first-order valence-corrected chi connectivity index (χ1v) is 8.61. The van der Waals surface area contributed by atoms with E-state index in [1.54, 1.807) is 7.11 Å². The van der Waals surface area contributed by atoms with Gasteiger partial charge in [-0.2, -0.15) is 0 Å². The molecule has 1 heterocycles. The van der Waals surface area contributed by atoms with Gasteiger partial charge in [-0.25, -0.2) is 0 Å². The van der Waals surface area contributed by atoms with Gasteiger partial charge in [0.15, 0.2) is 0 Å². The number of nitrogens with zero attached hydrogens (tertiary/aromatic N) is 1. The Bertz CT molecular complexity index is 458. The lowest BCUT2D eigenvalue weighted by molar-refractivity contribution is 0.0339. The summed E-state index contributed by atoms with van der Waals surface area (Å²) in [5.74, 6) is 0.961. The van der Waals surface area contributed by atoms with Crippen molar-refractivity contribution < 1.29 is 14.6 Å². The normalized spacial score (nSPS) is 14.5. The van der Waals surface area contributed by atoms with Gasteiger partial charge in [0.25, 0.3) is 0 Å². The van der Waals surface area contributed by atoms with Crippen LogP contribution in [0.2, 0.25) is 0 Å². The molecule has 2 N–H and O–H groups in total. The molecule has 0 spiro atoms. The number of hydrogen-bond acceptors (Lipinski definition) is 5. The Morgan fingerprint density at radius 1 is 1.16 bits per heavy atom. The zero-order valence-corrected chi connectivity index (χ0v) is 16.7. The van der Waals surface area contributed by atoms with Gasteiger partial charge in [-0.3, -0.25) is 4.90 Å². The second-order valence-electron chi connectivity index (χ2n) is 6.00. The first-order chi connectivity index (χ1) is 11.3. The molecule has 2 rings (SSSR count). The minimum Gasteiger partial charge on any atom is -0.496 e. The van der Waals surface area contributed by atoms with Gasteiger partial charge in [-0.05, 0) is 43.5 Å². The van der Waals surface area contributed by atoms with E-state index < -0.39 is 0 Å². The standard InChI is InChI=1S/C18H30N2O3.2ClH/c1-22-18-6-5-16(14-19-7-3-2-4-10-21)13-17(18)15-20-8-11-23-12-9-20;;/h5-6,13,19,21H,2-4,7-12,14-15H2,1H3;2*1H. The average molecular weight is 395 g/mol. The van der Waals surface area contributed by atoms with Crippen LogP contribution in [-0.4, -0.2) is 56.6 Å². The van der Waals surface area contributed by atoms with Crippen LogP contribution in [0, 0.1) is 0 Å². The molecule has 0 radical (unpaired) electrons. The highest BCUT2D eigenvalue weighted by atomic mass is 35.5. The van der Waals surface area contributed by atoms with Crippen LogP contribution in [0.4, 0.5) is 0 Å². The number of unbranched alkanes of at least 4 members (excludes halogenated alkanes) is 2. The van der Waals surface area contributed by atoms with Crippen molar-refractivity contribution in [1.82, 2.24) is 10.2 Å². The zero-order valence-electron chi connectivity index (χ0n) is 15.0. The SMILES string of the molecule is COc1ccc(CNCCCCCO)cc1CN1CCOCC1.Cl.Cl. The molecule has 1 aliphatic rings. The lowest BCUT2D eigenvalue weighted by Crippen LogP contribution is -2.35. The number of ether oxygens (including phenoxy) is 2. The number of benzene rings is 1. The Hall–Kier alpha value is -0.560. The van der Waals surface area contributed by atoms with E-state index in [0.29, 0.717) is 6.61 Å². The Morgan fingerprint density at radius 2 is 1.92 bits per heavy atom. The number of aliphatic hydroxyl groups is 1. The maximum absolute atomic E-state index is 8.77. The molecule has 1 aliphatic heterocycles. The number of methoxy groups -OCH3 is 1. The van der Waals surface area contributed by atoms with Crippen LogP contribution < -0.4 is 10.1 Å². The Labute approximate surface area is 163 Å². The lowest BCUT2D eigenvalue weighted by Gasteiger charge is -2.27. The first kappa shape index (κ1) is 24.4. The molecule has 7 heteroatoms. The topological polar surface area (TPSA) is 54.0 Å². The summed E-state index contributed by atoms with van der Waals surface area (Å²) in [6.45, 7) is 6.67. The summed E-state index contributed by atoms with van der Waals surface area (Å²) < 4.78 is 10.9. The number of aliphatic hydroxyl groups excluding tert-OH is 1. The summed E-state index contributed by atoms with van der Waals surface area (Å²) in [5, 5.41) is 12.2. The smallest absolute Gasteiger partial charge is 0.123 e. The summed E-state index contributed by atoms with van der Waals surface area (Å²) in [6, 6.07) is 6.44. The van der Waals surface area contributed by atoms with Crippen molar-refractivity contribution in [3.05, 3.63) is 29.3 Å². The molecule has 0 saturated carbocycles. The number of nitrogens with one attached hydrogen (secondary N) is 1. The quantitative estimate of drug-likeness (QED) is 0.597. The highest BCUT2D eigenvalue weighted by molar-refractivity contribution is 5.85. The van der Waals surface area contributed by atoms with Gasteiger partial charge in [0.05, 0.1) is 20.3 Å². The fourth-order valence-electron chi connectivity index (χ4n) is 2.84. The van der Waals surface area contributed by atoms with Crippen LogP contribution >= 0.6 is 24.8 Å². The molecule has 1 aromatic carbocycles. The minimum absolute atomic E-state index is 0. The average Bonchev–Trinajstić information content (AvgIpc) is 2.59. The molecule has 0 bridgehead atoms. The molecule has 0 unspecified atom stereocenters. The molecule has 0 aromatic heterocycles. The predicted octanol–water partition coefficient (Wildman–Crippen LogP) is 2.62. The summed E-state index contributed by atoms with van der Waals surface area (Å²) in [4.78, 5) is 2.41. The second kappa shape index (κ2) is 14.6. The summed E-state index contributed by atoms with van der Waals surface area (Å²) in [5.41, 5.74) is 2.53. The molecule has 1 aromatic rings. The molecule has 146 valence electrons. The van der Waals surface area contributed by atoms with Crippen LogP contribution in [-0.2, 0) is 17.8 Å². The van der Waals surface area contributed by atoms with Gasteiger partial charge < -0.3 is 19.9 Å². The van der Waals surface area contributed by atoms with Gasteiger partial charge in [0.1, 0.15) is 5.75 Å². The number of rotatable bonds is 10. The van der Waals surface area contributed by atoms with E-state index in [-0.39, 0.29) is 24.8 Å². The van der Waals surface area contributed by atoms with E-state index in [4.69, 9.17) is 14.6 Å². The molecule has 25 heavy (non-hydrogen) atoms. The molecule has 0 atom stereocenters. The summed E-state index contributed by atoms with van der Waals surface area (Å²) in [6.07, 6.45) is 3.08. The molecular weight excluding hydrogens is 363 g/mol. The Morgan fingerprint density at radius 3 is 2.60 bits per heavy atom. The van der Waals surface area contributed by atoms with Crippen molar-refractivity contribution in [2.45, 2.75) is 32.4 Å². The van der Waals surface area contributed by atoms with Crippen molar-refractivity contribution in [2.24, 2.45) is 0 Å². The van der Waals surface area contributed by atoms with Gasteiger partial charge in [-0.15, -0.1) is 24.8 Å². The maximum atomic E-state index is 8.77. The van der Waals surface area contributed by atoms with E-state index in [9.17, 15) is 0 Å². The van der Waals surface area contributed by atoms with Crippen molar-refractivity contribution >= 4 is 24.8 Å². The van der Waals surface area contributed by atoms with E-state index >= 15 is 0 Å². The molecular formula is C18H32Cl2N2O3. The van der Waals surface area contributed by atoms with Crippen LogP contribution in [0.1, 0.15) is 30.4 Å². The van der Waals surface area contributed by atoms with Crippen molar-refractivity contribution in [3.8, 4) is 5.75 Å².